The molecule has 0 aromatic carbocycles. The lowest BCUT2D eigenvalue weighted by atomic mass is 10.3. The number of hydrogen-bond acceptors (Lipinski definition) is 2. The van der Waals surface area contributed by atoms with Gasteiger partial charge in [-0.25, -0.2) is 0 Å². The average molecular weight is 228 g/mol. The number of carbonyl (C=O) groups is 2. The van der Waals surface area contributed by atoms with Crippen LogP contribution in [0.3, 0.4) is 0 Å². The summed E-state index contributed by atoms with van der Waals surface area (Å²) < 4.78 is 1.28. The molecule has 0 aliphatic heterocycles. The van der Waals surface area contributed by atoms with E-state index in [0.29, 0.717) is 12.8 Å². The number of Topliss-reactive ketones (excluding diaryl/α,β-unsaturated/α-hetero) is 2. The molecule has 1 rings (SSSR count). The second-order valence-corrected chi connectivity index (χ2v) is 4.36. The summed E-state index contributed by atoms with van der Waals surface area (Å²) >= 11 is 0. The Morgan fingerprint density at radius 3 is 1.19 bits per heavy atom. The molecule has 0 N–H and O–H groups in total. The van der Waals surface area contributed by atoms with E-state index >= 15 is 0 Å². The Morgan fingerprint density at radius 1 is 0.812 bits per heavy atom. The van der Waals surface area contributed by atoms with Crippen molar-refractivity contribution in [2.45, 2.75) is 47.0 Å². The lowest BCUT2D eigenvalue weighted by Crippen LogP contribution is -2.47. The third kappa shape index (κ3) is 4.88. The van der Waals surface area contributed by atoms with Crippen molar-refractivity contribution in [1.82, 2.24) is 0 Å². The van der Waals surface area contributed by atoms with Gasteiger partial charge in [0.1, 0.15) is 11.6 Å². The highest BCUT2D eigenvalue weighted by atomic mass is 16.2. The third-order valence-electron chi connectivity index (χ3n) is 3.76. The summed E-state index contributed by atoms with van der Waals surface area (Å²) in [6, 6.07) is 0. The number of hydrogen-bond donors (Lipinski definition) is 0. The van der Waals surface area contributed by atoms with Crippen molar-refractivity contribution in [3.8, 4) is 0 Å². The largest absolute Gasteiger partial charge is 0.325 e. The first-order chi connectivity index (χ1) is 7.53. The van der Waals surface area contributed by atoms with Crippen molar-refractivity contribution in [3.63, 3.8) is 0 Å². The van der Waals surface area contributed by atoms with Crippen LogP contribution < -0.4 is 0 Å². The fourth-order valence-corrected chi connectivity index (χ4v) is 2.02. The third-order valence-corrected chi connectivity index (χ3v) is 3.76. The molecule has 94 valence electrons. The zero-order chi connectivity index (χ0) is 12.6. The minimum Gasteiger partial charge on any atom is -0.325 e. The first-order valence-corrected chi connectivity index (χ1v) is 6.42. The van der Waals surface area contributed by atoms with E-state index in [4.69, 9.17) is 0 Å². The van der Waals surface area contributed by atoms with Gasteiger partial charge in [-0.1, -0.05) is 0 Å². The molecule has 1 fully saturated rings. The predicted molar refractivity (Wildman–Crippen MR) is 66.3 cm³/mol. The van der Waals surface area contributed by atoms with Gasteiger partial charge in [0.2, 0.25) is 0 Å². The van der Waals surface area contributed by atoms with E-state index in [9.17, 15) is 9.59 Å². The molecule has 1 aliphatic carbocycles. The van der Waals surface area contributed by atoms with Crippen LogP contribution in [-0.2, 0) is 9.59 Å². The molecule has 0 heterocycles. The Morgan fingerprint density at radius 2 is 1.12 bits per heavy atom. The Hall–Kier alpha value is -0.700. The number of ketones is 2. The van der Waals surface area contributed by atoms with Crippen LogP contribution in [0.15, 0.2) is 0 Å². The fraction of sp³-hybridized carbons (Fsp3) is 0.846. The maximum absolute atomic E-state index is 10.2. The molecule has 0 atom stereocenters. The highest BCUT2D eigenvalue weighted by molar-refractivity contribution is 6.05. The highest BCUT2D eigenvalue weighted by Gasteiger charge is 2.17. The standard InChI is InChI=1S/C8H20N.C5H6O2/c1-5-9(6-2,7-3)8-4;6-4-1-2-5(7)3-4/h5-8H2,1-4H3;1-3H2/q+1;. The number of nitrogens with zero attached hydrogens (tertiary/aromatic N) is 1. The minimum absolute atomic E-state index is 0.102. The van der Waals surface area contributed by atoms with Crippen molar-refractivity contribution in [3.05, 3.63) is 0 Å². The van der Waals surface area contributed by atoms with Crippen LogP contribution in [0.4, 0.5) is 0 Å². The summed E-state index contributed by atoms with van der Waals surface area (Å²) in [5.74, 6) is 0.204. The number of carbonyl (C=O) groups excluding carboxylic acids is 2. The van der Waals surface area contributed by atoms with Crippen LogP contribution in [0.25, 0.3) is 0 Å². The highest BCUT2D eigenvalue weighted by Crippen LogP contribution is 2.07. The molecule has 0 aromatic heterocycles. The second kappa shape index (κ2) is 7.55. The Kier molecular flexibility index (Phi) is 7.22. The lowest BCUT2D eigenvalue weighted by Gasteiger charge is -2.34. The molecular weight excluding hydrogens is 202 g/mol. The maximum Gasteiger partial charge on any atom is 0.140 e. The summed E-state index contributed by atoms with van der Waals surface area (Å²) in [4.78, 5) is 20.5. The van der Waals surface area contributed by atoms with E-state index in [-0.39, 0.29) is 18.0 Å². The first kappa shape index (κ1) is 15.3. The van der Waals surface area contributed by atoms with Crippen molar-refractivity contribution >= 4 is 11.6 Å². The molecule has 16 heavy (non-hydrogen) atoms. The van der Waals surface area contributed by atoms with Gasteiger partial charge >= 0.3 is 0 Å². The molecule has 0 radical (unpaired) electrons. The van der Waals surface area contributed by atoms with Crippen LogP contribution in [0, 0.1) is 0 Å². The molecule has 0 amide bonds. The van der Waals surface area contributed by atoms with Gasteiger partial charge in [-0.05, 0) is 27.7 Å². The van der Waals surface area contributed by atoms with Gasteiger partial charge in [0.05, 0.1) is 32.6 Å². The fourth-order valence-electron chi connectivity index (χ4n) is 2.02. The lowest BCUT2D eigenvalue weighted by molar-refractivity contribution is -0.921. The van der Waals surface area contributed by atoms with E-state index in [1.54, 1.807) is 0 Å². The van der Waals surface area contributed by atoms with Crippen LogP contribution >= 0.6 is 0 Å². The molecule has 1 saturated carbocycles. The molecule has 0 bridgehead atoms. The normalized spacial score (nSPS) is 16.0. The summed E-state index contributed by atoms with van der Waals surface area (Å²) in [5, 5.41) is 0. The van der Waals surface area contributed by atoms with Crippen LogP contribution in [0.5, 0.6) is 0 Å². The molecule has 1 aliphatic rings. The summed E-state index contributed by atoms with van der Waals surface area (Å²) in [6.07, 6.45) is 1.16. The molecule has 3 heteroatoms. The monoisotopic (exact) mass is 228 g/mol. The van der Waals surface area contributed by atoms with Crippen LogP contribution in [0.2, 0.25) is 0 Å². The SMILES string of the molecule is CC[N+](CC)(CC)CC.O=C1CCC(=O)C1. The van der Waals surface area contributed by atoms with E-state index in [1.807, 2.05) is 0 Å². The molecular formula is C13H26NO2+. The van der Waals surface area contributed by atoms with E-state index < -0.39 is 0 Å². The van der Waals surface area contributed by atoms with E-state index in [0.717, 1.165) is 0 Å². The quantitative estimate of drug-likeness (QED) is 0.546. The van der Waals surface area contributed by atoms with Crippen LogP contribution in [0.1, 0.15) is 47.0 Å². The molecule has 3 nitrogen and oxygen atoms in total. The van der Waals surface area contributed by atoms with Crippen molar-refractivity contribution in [2.75, 3.05) is 26.2 Å². The molecule has 0 aromatic rings. The summed E-state index contributed by atoms with van der Waals surface area (Å²) in [5.41, 5.74) is 0. The van der Waals surface area contributed by atoms with E-state index in [1.165, 1.54) is 30.7 Å². The van der Waals surface area contributed by atoms with Crippen molar-refractivity contribution in [1.29, 1.82) is 0 Å². The smallest absolute Gasteiger partial charge is 0.140 e. The zero-order valence-corrected chi connectivity index (χ0v) is 11.2. The summed E-state index contributed by atoms with van der Waals surface area (Å²) in [7, 11) is 0. The van der Waals surface area contributed by atoms with Crippen LogP contribution in [-0.4, -0.2) is 42.2 Å². The van der Waals surface area contributed by atoms with Gasteiger partial charge in [-0.2, -0.15) is 0 Å². The topological polar surface area (TPSA) is 34.1 Å². The molecule has 0 unspecified atom stereocenters. The molecule has 0 saturated heterocycles. The van der Waals surface area contributed by atoms with Gasteiger partial charge in [0.25, 0.3) is 0 Å². The number of quaternary nitrogens is 1. The Labute approximate surface area is 99.4 Å². The zero-order valence-electron chi connectivity index (χ0n) is 11.2. The van der Waals surface area contributed by atoms with Gasteiger partial charge in [-0.15, -0.1) is 0 Å². The average Bonchev–Trinajstić information content (AvgIpc) is 2.67. The summed E-state index contributed by atoms with van der Waals surface area (Å²) in [6.45, 7) is 14.2. The Bertz CT molecular complexity index is 201. The second-order valence-electron chi connectivity index (χ2n) is 4.36. The van der Waals surface area contributed by atoms with Gasteiger partial charge < -0.3 is 4.48 Å². The van der Waals surface area contributed by atoms with Crippen molar-refractivity contribution < 1.29 is 14.1 Å². The van der Waals surface area contributed by atoms with Gasteiger partial charge in [0, 0.05) is 12.8 Å². The van der Waals surface area contributed by atoms with Gasteiger partial charge in [0.15, 0.2) is 0 Å². The first-order valence-electron chi connectivity index (χ1n) is 6.42. The minimum atomic E-state index is 0.102. The van der Waals surface area contributed by atoms with Gasteiger partial charge in [-0.3, -0.25) is 9.59 Å². The van der Waals surface area contributed by atoms with E-state index in [2.05, 4.69) is 27.7 Å². The number of rotatable bonds is 4. The maximum atomic E-state index is 10.2. The molecule has 0 spiro atoms. The predicted octanol–water partition coefficient (Wildman–Crippen LogP) is 2.19. The van der Waals surface area contributed by atoms with Crippen molar-refractivity contribution in [2.24, 2.45) is 0 Å². The Balaban J connectivity index is 0.000000288.